The molecule has 4 rings (SSSR count). The van der Waals surface area contributed by atoms with E-state index in [1.165, 1.54) is 25.7 Å². The second-order valence-corrected chi connectivity index (χ2v) is 10.9. The van der Waals surface area contributed by atoms with Gasteiger partial charge in [0, 0.05) is 46.2 Å². The fourth-order valence-corrected chi connectivity index (χ4v) is 5.16. The van der Waals surface area contributed by atoms with Crippen LogP contribution in [0.4, 0.5) is 5.69 Å². The van der Waals surface area contributed by atoms with Crippen molar-refractivity contribution >= 4 is 38.6 Å². The molecule has 11 heteroatoms. The van der Waals surface area contributed by atoms with Gasteiger partial charge >= 0.3 is 0 Å². The number of nitrogens with one attached hydrogen (secondary N) is 2. The largest absolute Gasteiger partial charge is 0.362 e. The van der Waals surface area contributed by atoms with Crippen LogP contribution in [0.15, 0.2) is 47.4 Å². The number of hydrogen-bond acceptors (Lipinski definition) is 6. The van der Waals surface area contributed by atoms with Gasteiger partial charge in [0.25, 0.3) is 5.91 Å². The highest BCUT2D eigenvalue weighted by Crippen LogP contribution is 2.26. The number of amides is 2. The SMILES string of the molecule is CN(C)S(=O)(=O)c1ccc2c(c1)nc(CCC(=O)NNC(=O)CN1CCCc3ccccc31)n2C. The van der Waals surface area contributed by atoms with Gasteiger partial charge in [-0.15, -0.1) is 0 Å². The number of aromatic nitrogens is 2. The highest BCUT2D eigenvalue weighted by atomic mass is 32.2. The summed E-state index contributed by atoms with van der Waals surface area (Å²) < 4.78 is 27.8. The molecule has 2 amide bonds. The Labute approximate surface area is 204 Å². The van der Waals surface area contributed by atoms with Gasteiger partial charge in [-0.2, -0.15) is 0 Å². The van der Waals surface area contributed by atoms with Crippen LogP contribution >= 0.6 is 0 Å². The minimum atomic E-state index is -3.56. The summed E-state index contributed by atoms with van der Waals surface area (Å²) in [5.41, 5.74) is 8.57. The van der Waals surface area contributed by atoms with E-state index in [2.05, 4.69) is 21.9 Å². The van der Waals surface area contributed by atoms with E-state index in [1.807, 2.05) is 34.7 Å². The van der Waals surface area contributed by atoms with E-state index in [1.54, 1.807) is 12.1 Å². The van der Waals surface area contributed by atoms with Crippen molar-refractivity contribution in [1.29, 1.82) is 0 Å². The summed E-state index contributed by atoms with van der Waals surface area (Å²) in [6, 6.07) is 12.8. The van der Waals surface area contributed by atoms with Crippen LogP contribution in [-0.4, -0.2) is 61.3 Å². The average molecular weight is 499 g/mol. The second-order valence-electron chi connectivity index (χ2n) is 8.78. The molecular formula is C24H30N6O4S. The van der Waals surface area contributed by atoms with Gasteiger partial charge in [-0.1, -0.05) is 18.2 Å². The van der Waals surface area contributed by atoms with E-state index in [0.29, 0.717) is 17.8 Å². The Morgan fingerprint density at radius 1 is 1.09 bits per heavy atom. The van der Waals surface area contributed by atoms with E-state index in [-0.39, 0.29) is 29.7 Å². The maximum atomic E-state index is 12.4. The summed E-state index contributed by atoms with van der Waals surface area (Å²) in [7, 11) is 1.21. The lowest BCUT2D eigenvalue weighted by Crippen LogP contribution is -2.47. The standard InChI is InChI=1S/C24H30N6O4S/c1-28(2)35(33,34)18-10-11-21-19(15-18)25-22(29(21)3)12-13-23(31)26-27-24(32)16-30-14-6-8-17-7-4-5-9-20(17)30/h4-5,7,9-11,15H,6,8,12-14,16H2,1-3H3,(H,26,31)(H,27,32). The van der Waals surface area contributed by atoms with Crippen molar-refractivity contribution in [3.63, 3.8) is 0 Å². The van der Waals surface area contributed by atoms with E-state index in [0.717, 1.165) is 34.9 Å². The van der Waals surface area contributed by atoms with Gasteiger partial charge in [0.2, 0.25) is 15.9 Å². The Bertz CT molecular complexity index is 1370. The molecule has 1 aliphatic heterocycles. The van der Waals surface area contributed by atoms with E-state index in [4.69, 9.17) is 0 Å². The number of carbonyl (C=O) groups excluding carboxylic acids is 2. The van der Waals surface area contributed by atoms with Crippen LogP contribution in [-0.2, 0) is 39.5 Å². The third-order valence-electron chi connectivity index (χ3n) is 6.18. The number of hydrogen-bond donors (Lipinski definition) is 2. The summed E-state index contributed by atoms with van der Waals surface area (Å²) in [6.45, 7) is 0.961. The maximum absolute atomic E-state index is 12.4. The smallest absolute Gasteiger partial charge is 0.257 e. The molecule has 0 saturated heterocycles. The molecule has 0 unspecified atom stereocenters. The van der Waals surface area contributed by atoms with Crippen molar-refractivity contribution in [3.05, 3.63) is 53.9 Å². The Kier molecular flexibility index (Phi) is 7.08. The summed E-state index contributed by atoms with van der Waals surface area (Å²) in [5.74, 6) is 0.0264. The molecule has 2 heterocycles. The summed E-state index contributed by atoms with van der Waals surface area (Å²) in [4.78, 5) is 31.4. The molecule has 2 N–H and O–H groups in total. The first kappa shape index (κ1) is 24.7. The van der Waals surface area contributed by atoms with Gasteiger partial charge < -0.3 is 9.47 Å². The van der Waals surface area contributed by atoms with Crippen molar-refractivity contribution in [2.24, 2.45) is 7.05 Å². The van der Waals surface area contributed by atoms with E-state index in [9.17, 15) is 18.0 Å². The van der Waals surface area contributed by atoms with Crippen molar-refractivity contribution < 1.29 is 18.0 Å². The Morgan fingerprint density at radius 2 is 1.83 bits per heavy atom. The zero-order valence-corrected chi connectivity index (χ0v) is 20.9. The quantitative estimate of drug-likeness (QED) is 0.475. The van der Waals surface area contributed by atoms with Crippen molar-refractivity contribution in [2.45, 2.75) is 30.6 Å². The number of para-hydroxylation sites is 1. The number of sulfonamides is 1. The molecule has 186 valence electrons. The molecular weight excluding hydrogens is 468 g/mol. The third-order valence-corrected chi connectivity index (χ3v) is 7.99. The topological polar surface area (TPSA) is 117 Å². The molecule has 0 saturated carbocycles. The van der Waals surface area contributed by atoms with Gasteiger partial charge in [0.15, 0.2) is 0 Å². The number of anilines is 1. The Balaban J connectivity index is 1.32. The first-order valence-electron chi connectivity index (χ1n) is 11.5. The van der Waals surface area contributed by atoms with Crippen molar-refractivity contribution in [3.8, 4) is 0 Å². The Morgan fingerprint density at radius 3 is 2.60 bits per heavy atom. The fourth-order valence-electron chi connectivity index (χ4n) is 4.24. The molecule has 1 aliphatic rings. The summed E-state index contributed by atoms with van der Waals surface area (Å²) >= 11 is 0. The number of nitrogens with zero attached hydrogens (tertiary/aromatic N) is 4. The zero-order valence-electron chi connectivity index (χ0n) is 20.1. The number of hydrazine groups is 1. The first-order chi connectivity index (χ1) is 16.7. The molecule has 0 aliphatic carbocycles. The normalized spacial score (nSPS) is 13.7. The lowest BCUT2D eigenvalue weighted by molar-refractivity contribution is -0.128. The highest BCUT2D eigenvalue weighted by molar-refractivity contribution is 7.89. The maximum Gasteiger partial charge on any atom is 0.257 e. The monoisotopic (exact) mass is 498 g/mol. The molecule has 3 aromatic rings. The van der Waals surface area contributed by atoms with E-state index < -0.39 is 10.0 Å². The summed E-state index contributed by atoms with van der Waals surface area (Å²) in [6.07, 6.45) is 2.44. The van der Waals surface area contributed by atoms with Gasteiger partial charge in [-0.3, -0.25) is 20.4 Å². The third kappa shape index (κ3) is 5.30. The summed E-state index contributed by atoms with van der Waals surface area (Å²) in [5, 5.41) is 0. The minimum Gasteiger partial charge on any atom is -0.362 e. The second kappa shape index (κ2) is 10.0. The molecule has 0 atom stereocenters. The number of fused-ring (bicyclic) bond motifs is 2. The number of imidazole rings is 1. The molecule has 1 aromatic heterocycles. The minimum absolute atomic E-state index is 0.118. The van der Waals surface area contributed by atoms with Gasteiger partial charge in [0.1, 0.15) is 5.82 Å². The van der Waals surface area contributed by atoms with E-state index >= 15 is 0 Å². The van der Waals surface area contributed by atoms with Crippen LogP contribution in [0.5, 0.6) is 0 Å². The predicted octanol–water partition coefficient (Wildman–Crippen LogP) is 1.36. The molecule has 0 radical (unpaired) electrons. The van der Waals surface area contributed by atoms with Crippen LogP contribution in [0.3, 0.4) is 0 Å². The highest BCUT2D eigenvalue weighted by Gasteiger charge is 2.20. The molecule has 0 fully saturated rings. The van der Waals surface area contributed by atoms with Gasteiger partial charge in [0.05, 0.1) is 22.5 Å². The molecule has 0 spiro atoms. The lowest BCUT2D eigenvalue weighted by Gasteiger charge is -2.30. The van der Waals surface area contributed by atoms with Crippen LogP contribution in [0.2, 0.25) is 0 Å². The molecule has 10 nitrogen and oxygen atoms in total. The molecule has 35 heavy (non-hydrogen) atoms. The number of aryl methyl sites for hydroxylation is 3. The Hall–Kier alpha value is -3.44. The van der Waals surface area contributed by atoms with Crippen LogP contribution < -0.4 is 15.8 Å². The molecule has 2 aromatic carbocycles. The number of rotatable bonds is 7. The molecule has 0 bridgehead atoms. The van der Waals surface area contributed by atoms with Crippen LogP contribution in [0.1, 0.15) is 24.2 Å². The number of carbonyl (C=O) groups is 2. The fraction of sp³-hybridized carbons (Fsp3) is 0.375. The van der Waals surface area contributed by atoms with Gasteiger partial charge in [-0.25, -0.2) is 17.7 Å². The first-order valence-corrected chi connectivity index (χ1v) is 12.9. The average Bonchev–Trinajstić information content (AvgIpc) is 3.16. The predicted molar refractivity (Wildman–Crippen MR) is 133 cm³/mol. The van der Waals surface area contributed by atoms with Crippen LogP contribution in [0, 0.1) is 0 Å². The van der Waals surface area contributed by atoms with Crippen molar-refractivity contribution in [2.75, 3.05) is 32.1 Å². The van der Waals surface area contributed by atoms with Gasteiger partial charge in [-0.05, 0) is 42.7 Å². The van der Waals surface area contributed by atoms with Crippen LogP contribution in [0.25, 0.3) is 11.0 Å². The number of benzene rings is 2. The lowest BCUT2D eigenvalue weighted by atomic mass is 10.0. The van der Waals surface area contributed by atoms with Crippen molar-refractivity contribution in [1.82, 2.24) is 24.7 Å². The zero-order chi connectivity index (χ0) is 25.2.